The molecule has 0 heterocycles. The molecule has 0 aromatic heterocycles. The average Bonchev–Trinajstić information content (AvgIpc) is 2.44. The molecule has 3 N–H and O–H groups in total. The van der Waals surface area contributed by atoms with Gasteiger partial charge >= 0.3 is 5.97 Å². The highest BCUT2D eigenvalue weighted by atomic mass is 127. The molecule has 0 fully saturated rings. The predicted octanol–water partition coefficient (Wildman–Crippen LogP) is 2.40. The van der Waals surface area contributed by atoms with Crippen molar-refractivity contribution in [1.29, 1.82) is 0 Å². The van der Waals surface area contributed by atoms with Gasteiger partial charge in [0.15, 0.2) is 5.96 Å². The van der Waals surface area contributed by atoms with Crippen LogP contribution < -0.4 is 11.1 Å². The number of halogens is 1. The Bertz CT molecular complexity index is 463. The number of ether oxygens (including phenoxy) is 1. The van der Waals surface area contributed by atoms with Crippen LogP contribution in [0.15, 0.2) is 29.3 Å². The first-order valence-corrected chi connectivity index (χ1v) is 6.30. The third kappa shape index (κ3) is 6.23. The van der Waals surface area contributed by atoms with Crippen molar-refractivity contribution < 1.29 is 9.53 Å². The van der Waals surface area contributed by atoms with Gasteiger partial charge in [0, 0.05) is 5.69 Å². The summed E-state index contributed by atoms with van der Waals surface area (Å²) in [6.45, 7) is 4.15. The van der Waals surface area contributed by atoms with Crippen molar-refractivity contribution in [2.24, 2.45) is 16.6 Å². The van der Waals surface area contributed by atoms with E-state index in [1.54, 1.807) is 6.92 Å². The number of rotatable bonds is 5. The summed E-state index contributed by atoms with van der Waals surface area (Å²) in [5.74, 6) is -0.291. The maximum absolute atomic E-state index is 11.2. The number of carbonyl (C=O) groups is 1. The van der Waals surface area contributed by atoms with Gasteiger partial charge in [-0.3, -0.25) is 9.79 Å². The van der Waals surface area contributed by atoms with Crippen LogP contribution in [0.4, 0.5) is 5.69 Å². The van der Waals surface area contributed by atoms with E-state index in [9.17, 15) is 4.79 Å². The molecule has 0 bridgehead atoms. The SMILES string of the molecule is CCc1cccc(NC(N)=NCC(C)C(=O)OC)c1.I. The topological polar surface area (TPSA) is 76.7 Å². The zero-order valence-corrected chi connectivity index (χ0v) is 14.4. The predicted molar refractivity (Wildman–Crippen MR) is 92.5 cm³/mol. The fraction of sp³-hybridized carbons (Fsp3) is 0.429. The van der Waals surface area contributed by atoms with Gasteiger partial charge < -0.3 is 15.8 Å². The molecule has 0 radical (unpaired) electrons. The van der Waals surface area contributed by atoms with Crippen LogP contribution in [0.1, 0.15) is 19.4 Å². The van der Waals surface area contributed by atoms with Gasteiger partial charge in [0.05, 0.1) is 19.6 Å². The van der Waals surface area contributed by atoms with Crippen LogP contribution in [0.2, 0.25) is 0 Å². The lowest BCUT2D eigenvalue weighted by Crippen LogP contribution is -2.25. The van der Waals surface area contributed by atoms with Crippen LogP contribution in [0, 0.1) is 5.92 Å². The number of benzene rings is 1. The number of aryl methyl sites for hydroxylation is 1. The summed E-state index contributed by atoms with van der Waals surface area (Å²) in [4.78, 5) is 15.3. The number of hydrogen-bond acceptors (Lipinski definition) is 3. The minimum absolute atomic E-state index is 0. The number of hydrogen-bond donors (Lipinski definition) is 2. The van der Waals surface area contributed by atoms with Gasteiger partial charge in [0.25, 0.3) is 0 Å². The van der Waals surface area contributed by atoms with Crippen molar-refractivity contribution >= 4 is 41.6 Å². The molecule has 0 aliphatic rings. The van der Waals surface area contributed by atoms with Gasteiger partial charge in [-0.1, -0.05) is 26.0 Å². The number of nitrogens with one attached hydrogen (secondary N) is 1. The van der Waals surface area contributed by atoms with Crippen molar-refractivity contribution in [2.75, 3.05) is 19.0 Å². The fourth-order valence-corrected chi connectivity index (χ4v) is 1.57. The zero-order chi connectivity index (χ0) is 14.3. The largest absolute Gasteiger partial charge is 0.469 e. The summed E-state index contributed by atoms with van der Waals surface area (Å²) in [6.07, 6.45) is 0.964. The van der Waals surface area contributed by atoms with E-state index in [0.717, 1.165) is 12.1 Å². The average molecular weight is 391 g/mol. The number of guanidine groups is 1. The number of esters is 1. The summed E-state index contributed by atoms with van der Waals surface area (Å²) in [6, 6.07) is 7.96. The lowest BCUT2D eigenvalue weighted by Gasteiger charge is -2.09. The van der Waals surface area contributed by atoms with Crippen LogP contribution in [-0.4, -0.2) is 25.6 Å². The summed E-state index contributed by atoms with van der Waals surface area (Å²) in [5.41, 5.74) is 7.89. The maximum Gasteiger partial charge on any atom is 0.310 e. The third-order valence-corrected chi connectivity index (χ3v) is 2.75. The summed E-state index contributed by atoms with van der Waals surface area (Å²) in [5, 5.41) is 3.00. The highest BCUT2D eigenvalue weighted by Gasteiger charge is 2.12. The Morgan fingerprint density at radius 1 is 1.50 bits per heavy atom. The number of aliphatic imine (C=N–C) groups is 1. The quantitative estimate of drug-likeness (QED) is 0.350. The first kappa shape index (κ1) is 18.7. The number of nitrogens with zero attached hydrogens (tertiary/aromatic N) is 1. The molecule has 20 heavy (non-hydrogen) atoms. The number of anilines is 1. The second-order valence-corrected chi connectivity index (χ2v) is 4.33. The normalized spacial score (nSPS) is 12.2. The molecule has 0 saturated carbocycles. The molecule has 112 valence electrons. The molecular weight excluding hydrogens is 369 g/mol. The van der Waals surface area contributed by atoms with Gasteiger partial charge in [-0.25, -0.2) is 0 Å². The monoisotopic (exact) mass is 391 g/mol. The van der Waals surface area contributed by atoms with Crippen molar-refractivity contribution in [3.05, 3.63) is 29.8 Å². The van der Waals surface area contributed by atoms with Gasteiger partial charge in [-0.2, -0.15) is 0 Å². The molecule has 0 amide bonds. The molecule has 1 atom stereocenters. The van der Waals surface area contributed by atoms with E-state index in [2.05, 4.69) is 28.0 Å². The second-order valence-electron chi connectivity index (χ2n) is 4.33. The summed E-state index contributed by atoms with van der Waals surface area (Å²) in [7, 11) is 1.36. The highest BCUT2D eigenvalue weighted by Crippen LogP contribution is 2.10. The molecule has 5 nitrogen and oxygen atoms in total. The Kier molecular flexibility index (Phi) is 8.94. The Balaban J connectivity index is 0.00000361. The van der Waals surface area contributed by atoms with Gasteiger partial charge in [-0.15, -0.1) is 24.0 Å². The lowest BCUT2D eigenvalue weighted by atomic mass is 10.1. The Morgan fingerprint density at radius 2 is 2.20 bits per heavy atom. The van der Waals surface area contributed by atoms with Crippen LogP contribution in [0.25, 0.3) is 0 Å². The van der Waals surface area contributed by atoms with Crippen molar-refractivity contribution in [3.8, 4) is 0 Å². The van der Waals surface area contributed by atoms with Gasteiger partial charge in [0.2, 0.25) is 0 Å². The number of nitrogens with two attached hydrogens (primary N) is 1. The minimum atomic E-state index is -0.299. The van der Waals surface area contributed by atoms with E-state index < -0.39 is 0 Å². The van der Waals surface area contributed by atoms with Gasteiger partial charge in [0.1, 0.15) is 0 Å². The van der Waals surface area contributed by atoms with E-state index in [4.69, 9.17) is 5.73 Å². The van der Waals surface area contributed by atoms with E-state index in [1.165, 1.54) is 12.7 Å². The van der Waals surface area contributed by atoms with E-state index >= 15 is 0 Å². The first-order chi connectivity index (χ1) is 9.06. The smallest absolute Gasteiger partial charge is 0.310 e. The van der Waals surface area contributed by atoms with Crippen LogP contribution in [0.3, 0.4) is 0 Å². The third-order valence-electron chi connectivity index (χ3n) is 2.75. The molecule has 0 aliphatic carbocycles. The molecule has 0 spiro atoms. The second kappa shape index (κ2) is 9.57. The Labute approximate surface area is 137 Å². The maximum atomic E-state index is 11.2. The first-order valence-electron chi connectivity index (χ1n) is 6.30. The zero-order valence-electron chi connectivity index (χ0n) is 12.1. The Morgan fingerprint density at radius 3 is 2.80 bits per heavy atom. The van der Waals surface area contributed by atoms with E-state index in [0.29, 0.717) is 12.5 Å². The van der Waals surface area contributed by atoms with Crippen molar-refractivity contribution in [2.45, 2.75) is 20.3 Å². The van der Waals surface area contributed by atoms with Crippen LogP contribution in [-0.2, 0) is 16.0 Å². The molecule has 1 aromatic rings. The van der Waals surface area contributed by atoms with E-state index in [-0.39, 0.29) is 35.9 Å². The molecule has 0 aliphatic heterocycles. The van der Waals surface area contributed by atoms with Gasteiger partial charge in [-0.05, 0) is 24.1 Å². The van der Waals surface area contributed by atoms with E-state index in [1.807, 2.05) is 18.2 Å². The molecule has 6 heteroatoms. The summed E-state index contributed by atoms with van der Waals surface area (Å²) >= 11 is 0. The van der Waals surface area contributed by atoms with Crippen LogP contribution >= 0.6 is 24.0 Å². The van der Waals surface area contributed by atoms with Crippen molar-refractivity contribution in [1.82, 2.24) is 0 Å². The highest BCUT2D eigenvalue weighted by molar-refractivity contribution is 14.0. The lowest BCUT2D eigenvalue weighted by molar-refractivity contribution is -0.144. The number of carbonyl (C=O) groups excluding carboxylic acids is 1. The minimum Gasteiger partial charge on any atom is -0.469 e. The molecule has 0 saturated heterocycles. The standard InChI is InChI=1S/C14H21N3O2.HI/c1-4-11-6-5-7-12(8-11)17-14(15)16-9-10(2)13(18)19-3;/h5-8,10H,4,9H2,1-3H3,(H3,15,16,17);1H. The van der Waals surface area contributed by atoms with Crippen LogP contribution in [0.5, 0.6) is 0 Å². The molecule has 1 rings (SSSR count). The molecule has 1 unspecified atom stereocenters. The molecule has 1 aromatic carbocycles. The molecular formula is C14H22IN3O2. The number of methoxy groups -OCH3 is 1. The fourth-order valence-electron chi connectivity index (χ4n) is 1.57. The summed E-state index contributed by atoms with van der Waals surface area (Å²) < 4.78 is 4.62. The van der Waals surface area contributed by atoms with Crippen molar-refractivity contribution in [3.63, 3.8) is 0 Å². The Hall–Kier alpha value is -1.31.